The molecule has 1 aromatic heterocycles. The summed E-state index contributed by atoms with van der Waals surface area (Å²) in [7, 11) is 4.62. The summed E-state index contributed by atoms with van der Waals surface area (Å²) in [6.45, 7) is 4.05. The van der Waals surface area contributed by atoms with Gasteiger partial charge in [0.2, 0.25) is 5.75 Å². The van der Waals surface area contributed by atoms with Gasteiger partial charge in [-0.1, -0.05) is 59.7 Å². The number of rotatable bonds is 5. The predicted octanol–water partition coefficient (Wildman–Crippen LogP) is 5.77. The van der Waals surface area contributed by atoms with Crippen LogP contribution in [0.4, 0.5) is 0 Å². The average Bonchev–Trinajstić information content (AvgIpc) is 2.79. The normalized spacial score (nSPS) is 10.9. The summed E-state index contributed by atoms with van der Waals surface area (Å²) in [5, 5.41) is 0.983. The smallest absolute Gasteiger partial charge is 0.344 e. The Bertz CT molecular complexity index is 1300. The molecule has 0 radical (unpaired) electrons. The van der Waals surface area contributed by atoms with Crippen molar-refractivity contribution in [2.24, 2.45) is 0 Å². The Hall–Kier alpha value is -3.73. The Morgan fingerprint density at radius 1 is 0.710 bits per heavy atom. The maximum Gasteiger partial charge on any atom is 0.344 e. The molecular formula is C26H24O5. The van der Waals surface area contributed by atoms with Crippen molar-refractivity contribution < 1.29 is 18.6 Å². The Kier molecular flexibility index (Phi) is 5.42. The predicted molar refractivity (Wildman–Crippen MR) is 122 cm³/mol. The van der Waals surface area contributed by atoms with Crippen molar-refractivity contribution in [3.8, 4) is 39.7 Å². The third-order valence-corrected chi connectivity index (χ3v) is 5.38. The summed E-state index contributed by atoms with van der Waals surface area (Å²) >= 11 is 0. The Morgan fingerprint density at radius 2 is 1.26 bits per heavy atom. The second-order valence-electron chi connectivity index (χ2n) is 7.39. The van der Waals surface area contributed by atoms with E-state index in [2.05, 4.69) is 0 Å². The van der Waals surface area contributed by atoms with Gasteiger partial charge in [0, 0.05) is 16.5 Å². The highest BCUT2D eigenvalue weighted by molar-refractivity contribution is 6.07. The van der Waals surface area contributed by atoms with Gasteiger partial charge in [-0.2, -0.15) is 0 Å². The first-order valence-electron chi connectivity index (χ1n) is 9.92. The van der Waals surface area contributed by atoms with Crippen molar-refractivity contribution in [2.45, 2.75) is 13.8 Å². The van der Waals surface area contributed by atoms with Crippen LogP contribution in [0.3, 0.4) is 0 Å². The molecule has 0 aliphatic heterocycles. The van der Waals surface area contributed by atoms with Crippen LogP contribution in [0.5, 0.6) is 17.2 Å². The van der Waals surface area contributed by atoms with Gasteiger partial charge in [0.1, 0.15) is 5.76 Å². The zero-order chi connectivity index (χ0) is 22.1. The zero-order valence-electron chi connectivity index (χ0n) is 18.2. The minimum atomic E-state index is -0.472. The molecule has 5 nitrogen and oxygen atoms in total. The lowest BCUT2D eigenvalue weighted by Crippen LogP contribution is -2.06. The quantitative estimate of drug-likeness (QED) is 0.413. The van der Waals surface area contributed by atoms with Gasteiger partial charge in [-0.3, -0.25) is 0 Å². The monoisotopic (exact) mass is 416 g/mol. The summed E-state index contributed by atoms with van der Waals surface area (Å²) in [5.74, 6) is 1.73. The fourth-order valence-electron chi connectivity index (χ4n) is 3.78. The number of hydrogen-bond donors (Lipinski definition) is 0. The third kappa shape index (κ3) is 3.52. The van der Waals surface area contributed by atoms with Crippen LogP contribution >= 0.6 is 0 Å². The number of fused-ring (bicyclic) bond motifs is 1. The molecule has 0 amide bonds. The molecule has 0 unspecified atom stereocenters. The van der Waals surface area contributed by atoms with Crippen LogP contribution in [0, 0.1) is 13.8 Å². The van der Waals surface area contributed by atoms with Crippen molar-refractivity contribution in [2.75, 3.05) is 21.3 Å². The SMILES string of the molecule is COc1cc2c(=O)oc(-c3ccc(C)cc3)c(-c3ccc(C)cc3)c2c(OC)c1OC. The summed E-state index contributed by atoms with van der Waals surface area (Å²) in [4.78, 5) is 13.1. The molecule has 0 aliphatic rings. The fourth-order valence-corrected chi connectivity index (χ4v) is 3.78. The fraction of sp³-hybridized carbons (Fsp3) is 0.192. The van der Waals surface area contributed by atoms with Crippen LogP contribution in [0.25, 0.3) is 33.2 Å². The van der Waals surface area contributed by atoms with E-state index in [1.165, 1.54) is 7.11 Å². The highest BCUT2D eigenvalue weighted by Gasteiger charge is 2.25. The van der Waals surface area contributed by atoms with E-state index in [0.717, 1.165) is 27.8 Å². The van der Waals surface area contributed by atoms with E-state index in [1.807, 2.05) is 62.4 Å². The van der Waals surface area contributed by atoms with Gasteiger partial charge in [0.25, 0.3) is 0 Å². The van der Waals surface area contributed by atoms with Gasteiger partial charge in [-0.15, -0.1) is 0 Å². The average molecular weight is 416 g/mol. The van der Waals surface area contributed by atoms with E-state index >= 15 is 0 Å². The van der Waals surface area contributed by atoms with Crippen LogP contribution in [0.15, 0.2) is 63.8 Å². The lowest BCUT2D eigenvalue weighted by Gasteiger charge is -2.18. The van der Waals surface area contributed by atoms with Crippen LogP contribution in [0.1, 0.15) is 11.1 Å². The molecular weight excluding hydrogens is 392 g/mol. The summed E-state index contributed by atoms with van der Waals surface area (Å²) in [6, 6.07) is 17.6. The van der Waals surface area contributed by atoms with Gasteiger partial charge in [0.05, 0.1) is 26.7 Å². The van der Waals surface area contributed by atoms with E-state index in [4.69, 9.17) is 18.6 Å². The Balaban J connectivity index is 2.22. The molecule has 0 aliphatic carbocycles. The molecule has 0 saturated heterocycles. The first-order valence-corrected chi connectivity index (χ1v) is 9.92. The van der Waals surface area contributed by atoms with Crippen LogP contribution in [-0.2, 0) is 0 Å². The number of ether oxygens (including phenoxy) is 3. The van der Waals surface area contributed by atoms with E-state index < -0.39 is 5.63 Å². The zero-order valence-corrected chi connectivity index (χ0v) is 18.2. The minimum Gasteiger partial charge on any atom is -0.493 e. The molecule has 0 saturated carbocycles. The van der Waals surface area contributed by atoms with Crippen LogP contribution in [-0.4, -0.2) is 21.3 Å². The molecule has 0 bridgehead atoms. The number of methoxy groups -OCH3 is 3. The largest absolute Gasteiger partial charge is 0.493 e. The number of hydrogen-bond acceptors (Lipinski definition) is 5. The lowest BCUT2D eigenvalue weighted by atomic mass is 9.93. The maximum absolute atomic E-state index is 13.1. The summed E-state index contributed by atoms with van der Waals surface area (Å²) in [6.07, 6.45) is 0. The molecule has 1 heterocycles. The van der Waals surface area contributed by atoms with Crippen molar-refractivity contribution >= 4 is 10.8 Å². The molecule has 31 heavy (non-hydrogen) atoms. The summed E-state index contributed by atoms with van der Waals surface area (Å²) in [5.41, 5.74) is 4.25. The third-order valence-electron chi connectivity index (χ3n) is 5.38. The van der Waals surface area contributed by atoms with Gasteiger partial charge in [-0.25, -0.2) is 4.79 Å². The Morgan fingerprint density at radius 3 is 1.77 bits per heavy atom. The molecule has 4 rings (SSSR count). The van der Waals surface area contributed by atoms with Crippen molar-refractivity contribution in [3.63, 3.8) is 0 Å². The molecule has 0 fully saturated rings. The molecule has 0 atom stereocenters. The van der Waals surface area contributed by atoms with E-state index in [9.17, 15) is 4.79 Å². The first kappa shape index (κ1) is 20.5. The molecule has 4 aromatic rings. The molecule has 5 heteroatoms. The first-order chi connectivity index (χ1) is 15.0. The van der Waals surface area contributed by atoms with Crippen LogP contribution < -0.4 is 19.8 Å². The van der Waals surface area contributed by atoms with Crippen molar-refractivity contribution in [3.05, 3.63) is 76.1 Å². The summed E-state index contributed by atoms with van der Waals surface area (Å²) < 4.78 is 22.7. The lowest BCUT2D eigenvalue weighted by molar-refractivity contribution is 0.327. The van der Waals surface area contributed by atoms with Gasteiger partial charge in [-0.05, 0) is 25.5 Å². The van der Waals surface area contributed by atoms with Gasteiger partial charge >= 0.3 is 5.63 Å². The van der Waals surface area contributed by atoms with Crippen molar-refractivity contribution in [1.82, 2.24) is 0 Å². The van der Waals surface area contributed by atoms with E-state index in [-0.39, 0.29) is 0 Å². The van der Waals surface area contributed by atoms with Gasteiger partial charge in [0.15, 0.2) is 11.5 Å². The number of benzene rings is 3. The maximum atomic E-state index is 13.1. The van der Waals surface area contributed by atoms with E-state index in [1.54, 1.807) is 20.3 Å². The minimum absolute atomic E-state index is 0.362. The topological polar surface area (TPSA) is 57.9 Å². The molecule has 158 valence electrons. The molecule has 0 N–H and O–H groups in total. The van der Waals surface area contributed by atoms with Crippen LogP contribution in [0.2, 0.25) is 0 Å². The van der Waals surface area contributed by atoms with E-state index in [0.29, 0.717) is 33.8 Å². The second kappa shape index (κ2) is 8.19. The highest BCUT2D eigenvalue weighted by atomic mass is 16.5. The van der Waals surface area contributed by atoms with Gasteiger partial charge < -0.3 is 18.6 Å². The number of aryl methyl sites for hydroxylation is 2. The highest BCUT2D eigenvalue weighted by Crippen LogP contribution is 2.48. The Labute approximate surface area is 180 Å². The molecule has 0 spiro atoms. The second-order valence-corrected chi connectivity index (χ2v) is 7.39. The molecule has 3 aromatic carbocycles. The van der Waals surface area contributed by atoms with Crippen molar-refractivity contribution in [1.29, 1.82) is 0 Å². The standard InChI is InChI=1S/C26H24O5/c1-15-6-10-17(11-7-15)21-22-19(14-20(28-3)24(29-4)25(22)30-5)26(27)31-23(21)18-12-8-16(2)9-13-18/h6-14H,1-5H3.